The van der Waals surface area contributed by atoms with Crippen LogP contribution in [0.2, 0.25) is 0 Å². The molecule has 0 bridgehead atoms. The number of anilines is 1. The molecule has 4 aromatic heterocycles. The van der Waals surface area contributed by atoms with Crippen molar-refractivity contribution in [2.45, 2.75) is 102 Å². The highest BCUT2D eigenvalue weighted by Gasteiger charge is 2.44. The van der Waals surface area contributed by atoms with Gasteiger partial charge in [0, 0.05) is 74.9 Å². The Hall–Kier alpha value is -6.73. The summed E-state index contributed by atoms with van der Waals surface area (Å²) in [5.41, 5.74) is 13.6. The first-order valence-corrected chi connectivity index (χ1v) is 25.2. The highest BCUT2D eigenvalue weighted by Crippen LogP contribution is 2.35. The molecule has 0 spiro atoms. The van der Waals surface area contributed by atoms with Gasteiger partial charge in [-0.3, -0.25) is 14.5 Å². The van der Waals surface area contributed by atoms with Gasteiger partial charge in [0.15, 0.2) is 11.6 Å². The first-order chi connectivity index (χ1) is 34.3. The lowest BCUT2D eigenvalue weighted by Gasteiger charge is -2.39. The van der Waals surface area contributed by atoms with E-state index in [9.17, 15) is 19.8 Å². The average molecular weight is 984 g/mol. The first kappa shape index (κ1) is 49.3. The van der Waals surface area contributed by atoms with Crippen molar-refractivity contribution in [2.75, 3.05) is 38.5 Å². The lowest BCUT2D eigenvalue weighted by molar-refractivity contribution is -0.141. The van der Waals surface area contributed by atoms with Gasteiger partial charge in [-0.1, -0.05) is 62.4 Å². The summed E-state index contributed by atoms with van der Waals surface area (Å²) < 4.78 is 24.4. The van der Waals surface area contributed by atoms with Crippen LogP contribution in [-0.2, 0) is 14.3 Å². The molecule has 1 saturated carbocycles. The molecule has 17 nitrogen and oxygen atoms in total. The number of para-hydroxylation sites is 1. The van der Waals surface area contributed by atoms with Crippen LogP contribution >= 0.6 is 11.3 Å². The molecule has 71 heavy (non-hydrogen) atoms. The van der Waals surface area contributed by atoms with Gasteiger partial charge in [0.25, 0.3) is 5.88 Å². The number of carbonyl (C=O) groups excluding carboxylic acids is 2. The van der Waals surface area contributed by atoms with Crippen molar-refractivity contribution in [2.24, 2.45) is 5.92 Å². The molecular formula is C53H61N9O8S. The fourth-order valence-electron chi connectivity index (χ4n) is 9.47. The van der Waals surface area contributed by atoms with E-state index in [-0.39, 0.29) is 66.6 Å². The minimum Gasteiger partial charge on any atom is -0.507 e. The van der Waals surface area contributed by atoms with Gasteiger partial charge in [0.2, 0.25) is 17.7 Å². The van der Waals surface area contributed by atoms with E-state index in [0.717, 1.165) is 66.0 Å². The third kappa shape index (κ3) is 11.9. The standard InChI is InChI=1S/C53H61N9O8S/c1-31(2)49(53(66)62-29-38(63)25-44(62)52(65)57-32(3)35-11-13-36(14-12-35)50-33(4)56-30-71-50)46-28-48(60-70-46)67-22-21-61-19-16-39(17-20-61)68-40-26-41(27-40)69-47-23-34(15-18-55-47)9-10-37-24-43(58-59-51(37)54)42-7-5-6-8-45(42)64/h5-15,18,23-24,28,30-32,38-41,44,49,63-64H,16-17,19-22,25-27,29H2,1-4H3,(H2,54,59)(H,57,65)/b10-9+/t32-,38+,40-,41-,44-,49+/m0/s1. The number of rotatable bonds is 18. The lowest BCUT2D eigenvalue weighted by Crippen LogP contribution is -2.48. The number of nitrogens with two attached hydrogens (primary N) is 1. The van der Waals surface area contributed by atoms with Crippen LogP contribution in [-0.4, -0.2) is 120 Å². The molecule has 9 rings (SSSR count). The second-order valence-corrected chi connectivity index (χ2v) is 19.9. The molecule has 0 unspecified atom stereocenters. The predicted molar refractivity (Wildman–Crippen MR) is 269 cm³/mol. The van der Waals surface area contributed by atoms with Crippen LogP contribution < -0.4 is 20.5 Å². The summed E-state index contributed by atoms with van der Waals surface area (Å²) in [7, 11) is 0. The molecule has 0 radical (unpaired) electrons. The van der Waals surface area contributed by atoms with E-state index in [1.165, 1.54) is 4.90 Å². The first-order valence-electron chi connectivity index (χ1n) is 24.3. The van der Waals surface area contributed by atoms with Crippen LogP contribution in [0.25, 0.3) is 33.9 Å². The van der Waals surface area contributed by atoms with Crippen molar-refractivity contribution in [3.05, 3.63) is 113 Å². The lowest BCUT2D eigenvalue weighted by atomic mass is 9.91. The Balaban J connectivity index is 0.690. The van der Waals surface area contributed by atoms with E-state index >= 15 is 0 Å². The number of piperidine rings is 1. The van der Waals surface area contributed by atoms with E-state index in [4.69, 9.17) is 24.5 Å². The van der Waals surface area contributed by atoms with Gasteiger partial charge in [0.05, 0.1) is 46.1 Å². The van der Waals surface area contributed by atoms with E-state index < -0.39 is 18.1 Å². The van der Waals surface area contributed by atoms with Crippen LogP contribution in [0.15, 0.2) is 89.0 Å². The molecule has 3 aliphatic rings. The number of ether oxygens (including phenoxy) is 3. The molecule has 1 aliphatic carbocycles. The van der Waals surface area contributed by atoms with Gasteiger partial charge in [-0.25, -0.2) is 9.97 Å². The number of nitrogens with zero attached hydrogens (tertiary/aromatic N) is 7. The van der Waals surface area contributed by atoms with Crippen molar-refractivity contribution in [3.8, 4) is 39.2 Å². The molecule has 2 aromatic carbocycles. The quantitative estimate of drug-likeness (QED) is 0.0656. The fraction of sp³-hybridized carbons (Fsp3) is 0.415. The number of phenolic OH excluding ortho intramolecular Hbond substituents is 1. The number of nitrogen functional groups attached to an aromatic ring is 1. The number of aromatic nitrogens is 5. The van der Waals surface area contributed by atoms with Gasteiger partial charge in [-0.05, 0) is 78.7 Å². The normalized spacial score (nSPS) is 20.5. The number of carbonyl (C=O) groups is 2. The summed E-state index contributed by atoms with van der Waals surface area (Å²) in [6.07, 6.45) is 8.58. The molecule has 5 N–H and O–H groups in total. The molecule has 6 heterocycles. The Morgan fingerprint density at radius 3 is 2.48 bits per heavy atom. The molecule has 2 saturated heterocycles. The van der Waals surface area contributed by atoms with Crippen molar-refractivity contribution in [1.29, 1.82) is 0 Å². The third-order valence-corrected chi connectivity index (χ3v) is 14.5. The van der Waals surface area contributed by atoms with Gasteiger partial charge in [-0.2, -0.15) is 0 Å². The smallest absolute Gasteiger partial charge is 0.254 e. The number of aliphatic hydroxyl groups is 1. The van der Waals surface area contributed by atoms with E-state index in [0.29, 0.717) is 47.5 Å². The fourth-order valence-corrected chi connectivity index (χ4v) is 10.3. The highest BCUT2D eigenvalue weighted by molar-refractivity contribution is 7.13. The topological polar surface area (TPSA) is 224 Å². The monoisotopic (exact) mass is 983 g/mol. The number of nitrogens with one attached hydrogen (secondary N) is 1. The summed E-state index contributed by atoms with van der Waals surface area (Å²) in [6.45, 7) is 10.6. The Morgan fingerprint density at radius 1 is 0.944 bits per heavy atom. The maximum absolute atomic E-state index is 14.2. The van der Waals surface area contributed by atoms with E-state index in [1.54, 1.807) is 47.9 Å². The minimum absolute atomic E-state index is 0.0244. The minimum atomic E-state index is -0.831. The number of aliphatic hydroxyl groups excluding tert-OH is 1. The second kappa shape index (κ2) is 22.1. The van der Waals surface area contributed by atoms with E-state index in [1.807, 2.05) is 87.8 Å². The zero-order valence-electron chi connectivity index (χ0n) is 40.4. The molecule has 2 aliphatic heterocycles. The van der Waals surface area contributed by atoms with Crippen LogP contribution in [0.4, 0.5) is 5.82 Å². The number of phenols is 1. The van der Waals surface area contributed by atoms with Crippen LogP contribution in [0.5, 0.6) is 17.5 Å². The number of likely N-dealkylation sites (tertiary alicyclic amines) is 2. The van der Waals surface area contributed by atoms with Crippen LogP contribution in [0.3, 0.4) is 0 Å². The molecule has 4 atom stereocenters. The molecule has 3 fully saturated rings. The van der Waals surface area contributed by atoms with Gasteiger partial charge < -0.3 is 44.9 Å². The Kier molecular flexibility index (Phi) is 15.4. The Morgan fingerprint density at radius 2 is 1.73 bits per heavy atom. The molecule has 18 heteroatoms. The maximum atomic E-state index is 14.2. The number of benzene rings is 2. The number of amides is 2. The summed E-state index contributed by atoms with van der Waals surface area (Å²) in [5.74, 6) is 0.0783. The summed E-state index contributed by atoms with van der Waals surface area (Å²) in [4.78, 5) is 41.6. The van der Waals surface area contributed by atoms with Gasteiger partial charge in [0.1, 0.15) is 30.4 Å². The van der Waals surface area contributed by atoms with Crippen molar-refractivity contribution >= 4 is 41.1 Å². The zero-order valence-corrected chi connectivity index (χ0v) is 41.2. The molecular weight excluding hydrogens is 923 g/mol. The third-order valence-electron chi connectivity index (χ3n) is 13.6. The number of aryl methyl sites for hydroxylation is 1. The molecule has 372 valence electrons. The molecule has 6 aromatic rings. The SMILES string of the molecule is Cc1ncsc1-c1ccc([C@H](C)NC(=O)[C@@H]2C[C@@H](O)CN2C(=O)[C@@H](c2cc(OCCN3CCC(O[C@H]4C[C@H](Oc5cc(/C=C/c6cc(-c7ccccc7O)nnc6N)ccn5)C4)CC3)no2)C(C)C)cc1. The summed E-state index contributed by atoms with van der Waals surface area (Å²) in [6, 6.07) is 21.1. The summed E-state index contributed by atoms with van der Waals surface area (Å²) in [5, 5.41) is 36.4. The number of thiazole rings is 1. The largest absolute Gasteiger partial charge is 0.507 e. The van der Waals surface area contributed by atoms with E-state index in [2.05, 4.69) is 35.5 Å². The zero-order chi connectivity index (χ0) is 49.6. The maximum Gasteiger partial charge on any atom is 0.254 e. The highest BCUT2D eigenvalue weighted by atomic mass is 32.1. The van der Waals surface area contributed by atoms with Gasteiger partial charge in [-0.15, -0.1) is 21.5 Å². The Labute approximate surface area is 417 Å². The Bertz CT molecular complexity index is 2800. The number of aromatic hydroxyl groups is 1. The van der Waals surface area contributed by atoms with Crippen LogP contribution in [0, 0.1) is 12.8 Å². The average Bonchev–Trinajstić information content (AvgIpc) is 4.11. The molecule has 2 amide bonds. The number of hydrogen-bond acceptors (Lipinski definition) is 16. The van der Waals surface area contributed by atoms with Crippen LogP contribution in [0.1, 0.15) is 93.0 Å². The van der Waals surface area contributed by atoms with Crippen molar-refractivity contribution in [3.63, 3.8) is 0 Å². The van der Waals surface area contributed by atoms with Crippen molar-refractivity contribution < 1.29 is 38.5 Å². The number of pyridine rings is 1. The number of hydrogen-bond donors (Lipinski definition) is 4. The number of β-amino-alcohol motifs (C(OH)–C–C–N with tert-alkyl or cyclic N) is 1. The predicted octanol–water partition coefficient (Wildman–Crippen LogP) is 7.47. The van der Waals surface area contributed by atoms with Crippen molar-refractivity contribution in [1.82, 2.24) is 40.4 Å². The second-order valence-electron chi connectivity index (χ2n) is 19.0. The summed E-state index contributed by atoms with van der Waals surface area (Å²) >= 11 is 1.59. The van der Waals surface area contributed by atoms with Gasteiger partial charge >= 0.3 is 0 Å².